The van der Waals surface area contributed by atoms with E-state index in [4.69, 9.17) is 15.0 Å². The van der Waals surface area contributed by atoms with Gasteiger partial charge in [-0.3, -0.25) is 13.6 Å². The molecule has 1 fully saturated rings. The zero-order valence-corrected chi connectivity index (χ0v) is 14.5. The summed E-state index contributed by atoms with van der Waals surface area (Å²) in [5.74, 6) is 0.143. The minimum absolute atomic E-state index is 0.00319. The van der Waals surface area contributed by atoms with Crippen LogP contribution in [0.5, 0.6) is 0 Å². The summed E-state index contributed by atoms with van der Waals surface area (Å²) in [6.07, 6.45) is -0.313. The van der Waals surface area contributed by atoms with Crippen molar-refractivity contribution in [2.45, 2.75) is 24.9 Å². The van der Waals surface area contributed by atoms with Gasteiger partial charge in [-0.15, -0.1) is 3.97 Å². The van der Waals surface area contributed by atoms with E-state index in [2.05, 4.69) is 23.4 Å². The molecule has 1 saturated heterocycles. The predicted molar refractivity (Wildman–Crippen MR) is 82.7 cm³/mol. The summed E-state index contributed by atoms with van der Waals surface area (Å²) in [6.45, 7) is -0.583. The second-order valence-electron chi connectivity index (χ2n) is 5.30. The standard InChI is InChI=1S/C10H14N5O9PS/c11-8-7-9(13-3-12-8)15(4-14-7)10-6(16)1-5(23-10)2-22-25(17,18)24-26(19,20)21/h3-6,10,16H,1-2H2,(H,17,18)(H2,11,12,13)(H,19,20,21)/t5-,6-,10?/m0/s1. The highest BCUT2D eigenvalue weighted by atomic mass is 32.3. The van der Waals surface area contributed by atoms with E-state index in [1.807, 2.05) is 0 Å². The quantitative estimate of drug-likeness (QED) is 0.332. The highest BCUT2D eigenvalue weighted by molar-refractivity contribution is 7.85. The lowest BCUT2D eigenvalue weighted by Crippen LogP contribution is -2.19. The molecule has 0 amide bonds. The smallest absolute Gasteiger partial charge is 0.388 e. The first kappa shape index (κ1) is 19.1. The zero-order chi connectivity index (χ0) is 19.1. The Morgan fingerprint density at radius 3 is 2.85 bits per heavy atom. The lowest BCUT2D eigenvalue weighted by atomic mass is 10.2. The average Bonchev–Trinajstić information content (AvgIpc) is 3.07. The van der Waals surface area contributed by atoms with Crippen LogP contribution < -0.4 is 5.73 Å². The Labute approximate surface area is 146 Å². The number of hydrogen-bond acceptors (Lipinski definition) is 11. The topological polar surface area (TPSA) is 209 Å². The molecule has 0 saturated carbocycles. The predicted octanol–water partition coefficient (Wildman–Crippen LogP) is -1.01. The normalized spacial score (nSPS) is 26.2. The van der Waals surface area contributed by atoms with Crippen molar-refractivity contribution in [3.8, 4) is 0 Å². The SMILES string of the molecule is Nc1ncnc2c1ncn2C1O[C@H](COP(=O)(O)OS(=O)(=O)O)C[C@@H]1O. The van der Waals surface area contributed by atoms with E-state index < -0.39 is 43.3 Å². The highest BCUT2D eigenvalue weighted by Crippen LogP contribution is 2.45. The maximum Gasteiger partial charge on any atom is 0.488 e. The number of phosphoric acid groups is 1. The molecule has 0 radical (unpaired) electrons. The summed E-state index contributed by atoms with van der Waals surface area (Å²) < 4.78 is 55.7. The minimum Gasteiger partial charge on any atom is -0.388 e. The van der Waals surface area contributed by atoms with Gasteiger partial charge in [-0.2, -0.15) is 8.42 Å². The lowest BCUT2D eigenvalue weighted by molar-refractivity contribution is -0.0479. The van der Waals surface area contributed by atoms with Crippen molar-refractivity contribution >= 4 is 35.2 Å². The molecule has 0 spiro atoms. The van der Waals surface area contributed by atoms with Crippen LogP contribution in [0.3, 0.4) is 0 Å². The van der Waals surface area contributed by atoms with Crippen LogP contribution in [0.2, 0.25) is 0 Å². The van der Waals surface area contributed by atoms with Crippen molar-refractivity contribution in [3.05, 3.63) is 12.7 Å². The van der Waals surface area contributed by atoms with Gasteiger partial charge in [0.25, 0.3) is 0 Å². The molecule has 14 nitrogen and oxygen atoms in total. The second kappa shape index (κ2) is 6.79. The number of aromatic nitrogens is 4. The number of aliphatic hydroxyl groups is 1. The molecule has 2 aromatic heterocycles. The van der Waals surface area contributed by atoms with Crippen LogP contribution >= 0.6 is 7.82 Å². The fraction of sp³-hybridized carbons (Fsp3) is 0.500. The Bertz CT molecular complexity index is 965. The van der Waals surface area contributed by atoms with Crippen LogP contribution in [0.25, 0.3) is 11.2 Å². The monoisotopic (exact) mass is 411 g/mol. The summed E-state index contributed by atoms with van der Waals surface area (Å²) in [4.78, 5) is 21.1. The summed E-state index contributed by atoms with van der Waals surface area (Å²) in [5, 5.41) is 10.2. The van der Waals surface area contributed by atoms with E-state index in [0.717, 1.165) is 0 Å². The van der Waals surface area contributed by atoms with Gasteiger partial charge < -0.3 is 20.5 Å². The molecule has 1 aliphatic heterocycles. The molecule has 5 N–H and O–H groups in total. The van der Waals surface area contributed by atoms with Gasteiger partial charge in [0.15, 0.2) is 17.7 Å². The number of rotatable bonds is 6. The molecule has 3 rings (SSSR count). The molecule has 4 atom stereocenters. The first-order valence-electron chi connectivity index (χ1n) is 6.98. The van der Waals surface area contributed by atoms with Crippen molar-refractivity contribution in [1.82, 2.24) is 19.5 Å². The maximum atomic E-state index is 11.4. The Hall–Kier alpha value is -1.71. The first-order valence-corrected chi connectivity index (χ1v) is 9.84. The van der Waals surface area contributed by atoms with Crippen molar-refractivity contribution in [2.75, 3.05) is 12.3 Å². The number of ether oxygens (including phenoxy) is 1. The van der Waals surface area contributed by atoms with Crippen molar-refractivity contribution in [1.29, 1.82) is 0 Å². The van der Waals surface area contributed by atoms with E-state index in [9.17, 15) is 23.0 Å². The van der Waals surface area contributed by atoms with E-state index in [0.29, 0.717) is 11.2 Å². The van der Waals surface area contributed by atoms with E-state index >= 15 is 0 Å². The number of phosphoric ester groups is 1. The Morgan fingerprint density at radius 2 is 2.15 bits per heavy atom. The summed E-state index contributed by atoms with van der Waals surface area (Å²) in [7, 11) is -10.2. The van der Waals surface area contributed by atoms with Gasteiger partial charge >= 0.3 is 18.2 Å². The number of nitrogens with zero attached hydrogens (tertiary/aromatic N) is 4. The van der Waals surface area contributed by atoms with Crippen molar-refractivity contribution < 1.29 is 40.8 Å². The van der Waals surface area contributed by atoms with Gasteiger partial charge in [0.1, 0.15) is 17.9 Å². The first-order chi connectivity index (χ1) is 12.1. The number of aliphatic hydroxyl groups excluding tert-OH is 1. The van der Waals surface area contributed by atoms with Gasteiger partial charge in [-0.25, -0.2) is 19.5 Å². The van der Waals surface area contributed by atoms with Crippen LogP contribution in [-0.4, -0.2) is 61.3 Å². The fourth-order valence-electron chi connectivity index (χ4n) is 2.46. The molecule has 144 valence electrons. The average molecular weight is 411 g/mol. The highest BCUT2D eigenvalue weighted by Gasteiger charge is 2.38. The molecular formula is C10H14N5O9PS. The molecule has 26 heavy (non-hydrogen) atoms. The van der Waals surface area contributed by atoms with Crippen LogP contribution in [0.1, 0.15) is 12.6 Å². The van der Waals surface area contributed by atoms with E-state index in [-0.39, 0.29) is 12.2 Å². The van der Waals surface area contributed by atoms with Crippen molar-refractivity contribution in [2.24, 2.45) is 0 Å². The third-order valence-electron chi connectivity index (χ3n) is 3.44. The van der Waals surface area contributed by atoms with Crippen LogP contribution in [0, 0.1) is 0 Å². The Balaban J connectivity index is 1.70. The number of imidazole rings is 1. The number of anilines is 1. The van der Waals surface area contributed by atoms with Gasteiger partial charge in [-0.1, -0.05) is 0 Å². The summed E-state index contributed by atoms with van der Waals surface area (Å²) in [5.41, 5.74) is 6.30. The van der Waals surface area contributed by atoms with Gasteiger partial charge in [-0.05, 0) is 0 Å². The molecule has 3 heterocycles. The van der Waals surface area contributed by atoms with Gasteiger partial charge in [0.2, 0.25) is 0 Å². The number of hydrogen-bond donors (Lipinski definition) is 4. The minimum atomic E-state index is -5.18. The van der Waals surface area contributed by atoms with Crippen molar-refractivity contribution in [3.63, 3.8) is 0 Å². The largest absolute Gasteiger partial charge is 0.488 e. The third kappa shape index (κ3) is 4.16. The molecule has 2 aromatic rings. The molecule has 1 aliphatic rings. The van der Waals surface area contributed by atoms with Gasteiger partial charge in [0, 0.05) is 6.42 Å². The Morgan fingerprint density at radius 1 is 1.42 bits per heavy atom. The third-order valence-corrected chi connectivity index (χ3v) is 5.42. The molecule has 0 bridgehead atoms. The van der Waals surface area contributed by atoms with E-state index in [1.54, 1.807) is 0 Å². The number of nitrogens with two attached hydrogens (primary N) is 1. The number of fused-ring (bicyclic) bond motifs is 1. The molecule has 0 aliphatic carbocycles. The molecule has 0 aromatic carbocycles. The summed E-state index contributed by atoms with van der Waals surface area (Å²) >= 11 is 0. The lowest BCUT2D eigenvalue weighted by Gasteiger charge is -2.17. The van der Waals surface area contributed by atoms with Crippen LogP contribution in [0.4, 0.5) is 5.82 Å². The zero-order valence-electron chi connectivity index (χ0n) is 12.8. The van der Waals surface area contributed by atoms with Crippen LogP contribution in [-0.2, 0) is 28.2 Å². The molecule has 16 heteroatoms. The van der Waals surface area contributed by atoms with Gasteiger partial charge in [0.05, 0.1) is 19.0 Å². The van der Waals surface area contributed by atoms with Crippen LogP contribution in [0.15, 0.2) is 12.7 Å². The Kier molecular flexibility index (Phi) is 4.98. The maximum absolute atomic E-state index is 11.4. The molecular weight excluding hydrogens is 397 g/mol. The summed E-state index contributed by atoms with van der Waals surface area (Å²) in [6, 6.07) is 0. The second-order valence-corrected chi connectivity index (χ2v) is 7.95. The number of nitrogen functional groups attached to an aromatic ring is 1. The van der Waals surface area contributed by atoms with E-state index in [1.165, 1.54) is 17.2 Å². The molecule has 2 unspecified atom stereocenters. The fourth-order valence-corrected chi connectivity index (χ4v) is 3.94.